The number of aryl methyl sites for hydroxylation is 1. The fourth-order valence-electron chi connectivity index (χ4n) is 4.73. The van der Waals surface area contributed by atoms with Crippen molar-refractivity contribution in [3.05, 3.63) is 126 Å². The zero-order chi connectivity index (χ0) is 30.1. The van der Waals surface area contributed by atoms with E-state index in [9.17, 15) is 18.0 Å². The maximum atomic E-state index is 14.3. The Balaban J connectivity index is 1.82. The van der Waals surface area contributed by atoms with Gasteiger partial charge in [0.25, 0.3) is 10.0 Å². The van der Waals surface area contributed by atoms with Gasteiger partial charge in [0.2, 0.25) is 11.8 Å². The Morgan fingerprint density at radius 2 is 1.40 bits per heavy atom. The zero-order valence-corrected chi connectivity index (χ0v) is 24.8. The molecule has 0 aromatic heterocycles. The van der Waals surface area contributed by atoms with E-state index in [1.165, 1.54) is 31.2 Å². The average molecular weight is 586 g/mol. The van der Waals surface area contributed by atoms with Crippen LogP contribution in [0.3, 0.4) is 0 Å². The molecule has 4 aromatic carbocycles. The van der Waals surface area contributed by atoms with Crippen LogP contribution in [0.1, 0.15) is 16.7 Å². The predicted molar refractivity (Wildman–Crippen MR) is 164 cm³/mol. The summed E-state index contributed by atoms with van der Waals surface area (Å²) in [5.74, 6) is -0.588. The molecule has 0 aliphatic heterocycles. The first-order valence-electron chi connectivity index (χ1n) is 13.6. The summed E-state index contributed by atoms with van der Waals surface area (Å²) in [6, 6.07) is 30.9. The van der Waals surface area contributed by atoms with Crippen LogP contribution < -0.4 is 14.4 Å². The molecule has 1 atom stereocenters. The number of hydrogen-bond acceptors (Lipinski definition) is 5. The molecule has 2 amide bonds. The number of nitrogens with zero attached hydrogens (tertiary/aromatic N) is 2. The van der Waals surface area contributed by atoms with Gasteiger partial charge in [-0.05, 0) is 47.9 Å². The number of hydrogen-bond donors (Lipinski definition) is 1. The molecule has 9 heteroatoms. The number of anilines is 1. The molecule has 4 rings (SSSR count). The standard InChI is InChI=1S/C33H35N3O5S/c1-25-19-20-31(41-3)29(21-25)36(42(39,40)28-17-11-6-12-18-28)24-32(37)35(23-27-15-9-5-10-16-27)30(33(38)34-2)22-26-13-7-4-8-14-26/h4-21,30H,22-24H2,1-3H3,(H,34,38)/t30-/m1/s1. The molecule has 8 nitrogen and oxygen atoms in total. The third kappa shape index (κ3) is 7.16. The van der Waals surface area contributed by atoms with E-state index in [0.29, 0.717) is 5.75 Å². The Hall–Kier alpha value is -4.63. The molecule has 0 aliphatic carbocycles. The minimum Gasteiger partial charge on any atom is -0.495 e. The molecule has 0 spiro atoms. The summed E-state index contributed by atoms with van der Waals surface area (Å²) in [5, 5.41) is 2.69. The van der Waals surface area contributed by atoms with Crippen molar-refractivity contribution in [3.8, 4) is 5.75 Å². The number of sulfonamides is 1. The lowest BCUT2D eigenvalue weighted by molar-refractivity contribution is -0.139. The molecule has 0 fully saturated rings. The highest BCUT2D eigenvalue weighted by Gasteiger charge is 2.35. The largest absolute Gasteiger partial charge is 0.495 e. The first-order chi connectivity index (χ1) is 20.2. The van der Waals surface area contributed by atoms with Crippen molar-refractivity contribution in [1.29, 1.82) is 0 Å². The summed E-state index contributed by atoms with van der Waals surface area (Å²) < 4.78 is 34.8. The van der Waals surface area contributed by atoms with Crippen LogP contribution in [0.25, 0.3) is 0 Å². The number of carbonyl (C=O) groups is 2. The van der Waals surface area contributed by atoms with Crippen molar-refractivity contribution >= 4 is 27.5 Å². The first kappa shape index (κ1) is 30.3. The van der Waals surface area contributed by atoms with E-state index >= 15 is 0 Å². The minimum absolute atomic E-state index is 0.0307. The molecule has 1 N–H and O–H groups in total. The van der Waals surface area contributed by atoms with Crippen LogP contribution in [0.15, 0.2) is 114 Å². The lowest BCUT2D eigenvalue weighted by Crippen LogP contribution is -2.53. The normalized spacial score (nSPS) is 11.8. The van der Waals surface area contributed by atoms with E-state index in [4.69, 9.17) is 4.74 Å². The Morgan fingerprint density at radius 1 is 0.833 bits per heavy atom. The van der Waals surface area contributed by atoms with Gasteiger partial charge in [-0.1, -0.05) is 84.9 Å². The highest BCUT2D eigenvalue weighted by Crippen LogP contribution is 2.33. The van der Waals surface area contributed by atoms with Crippen molar-refractivity contribution in [2.45, 2.75) is 30.8 Å². The number of rotatable bonds is 12. The Labute approximate surface area is 247 Å². The molecule has 0 heterocycles. The Morgan fingerprint density at radius 3 is 1.98 bits per heavy atom. The molecule has 0 aliphatic rings. The van der Waals surface area contributed by atoms with E-state index in [-0.39, 0.29) is 29.5 Å². The molecule has 218 valence electrons. The fraction of sp³-hybridized carbons (Fsp3) is 0.212. The summed E-state index contributed by atoms with van der Waals surface area (Å²) >= 11 is 0. The van der Waals surface area contributed by atoms with Crippen LogP contribution in [0, 0.1) is 6.92 Å². The molecule has 42 heavy (non-hydrogen) atoms. The van der Waals surface area contributed by atoms with Gasteiger partial charge >= 0.3 is 0 Å². The number of nitrogens with one attached hydrogen (secondary N) is 1. The van der Waals surface area contributed by atoms with E-state index in [2.05, 4.69) is 5.32 Å². The van der Waals surface area contributed by atoms with E-state index in [0.717, 1.165) is 21.0 Å². The van der Waals surface area contributed by atoms with Crippen LogP contribution in [-0.4, -0.2) is 51.9 Å². The third-order valence-electron chi connectivity index (χ3n) is 6.93. The van der Waals surface area contributed by atoms with Crippen LogP contribution in [0.2, 0.25) is 0 Å². The first-order valence-corrected chi connectivity index (χ1v) is 15.0. The Kier molecular flexibility index (Phi) is 9.98. The summed E-state index contributed by atoms with van der Waals surface area (Å²) in [6.45, 7) is 1.39. The van der Waals surface area contributed by atoms with E-state index in [1.807, 2.05) is 67.6 Å². The lowest BCUT2D eigenvalue weighted by atomic mass is 10.0. The number of amides is 2. The zero-order valence-electron chi connectivity index (χ0n) is 23.9. The van der Waals surface area contributed by atoms with Gasteiger partial charge in [0, 0.05) is 20.0 Å². The number of benzene rings is 4. The second-order valence-electron chi connectivity index (χ2n) is 9.83. The maximum Gasteiger partial charge on any atom is 0.264 e. The minimum atomic E-state index is -4.21. The molecule has 0 radical (unpaired) electrons. The number of likely N-dealkylation sites (N-methyl/N-ethyl adjacent to an activating group) is 1. The van der Waals surface area contributed by atoms with Gasteiger partial charge in [0.15, 0.2) is 0 Å². The van der Waals surface area contributed by atoms with E-state index in [1.54, 1.807) is 36.4 Å². The van der Waals surface area contributed by atoms with Crippen LogP contribution in [-0.2, 0) is 32.6 Å². The van der Waals surface area contributed by atoms with Crippen molar-refractivity contribution in [2.75, 3.05) is 25.0 Å². The van der Waals surface area contributed by atoms with Crippen molar-refractivity contribution in [2.24, 2.45) is 0 Å². The molecular formula is C33H35N3O5S. The van der Waals surface area contributed by atoms with Gasteiger partial charge in [-0.2, -0.15) is 0 Å². The molecule has 0 saturated carbocycles. The topological polar surface area (TPSA) is 96.0 Å². The lowest BCUT2D eigenvalue weighted by Gasteiger charge is -2.34. The van der Waals surface area contributed by atoms with E-state index < -0.39 is 28.5 Å². The van der Waals surface area contributed by atoms with Gasteiger partial charge in [-0.3, -0.25) is 13.9 Å². The monoisotopic (exact) mass is 585 g/mol. The van der Waals surface area contributed by atoms with Crippen molar-refractivity contribution in [1.82, 2.24) is 10.2 Å². The highest BCUT2D eigenvalue weighted by molar-refractivity contribution is 7.92. The van der Waals surface area contributed by atoms with Gasteiger partial charge < -0.3 is 15.0 Å². The summed E-state index contributed by atoms with van der Waals surface area (Å²) in [6.07, 6.45) is 0.248. The van der Waals surface area contributed by atoms with Crippen LogP contribution in [0.4, 0.5) is 5.69 Å². The summed E-state index contributed by atoms with van der Waals surface area (Å²) in [7, 11) is -1.24. The summed E-state index contributed by atoms with van der Waals surface area (Å²) in [5.41, 5.74) is 2.69. The van der Waals surface area contributed by atoms with Gasteiger partial charge in [0.1, 0.15) is 18.3 Å². The number of methoxy groups -OCH3 is 1. The number of ether oxygens (including phenoxy) is 1. The Bertz CT molecular complexity index is 1600. The molecule has 0 bridgehead atoms. The van der Waals surface area contributed by atoms with Crippen LogP contribution in [0.5, 0.6) is 5.75 Å². The highest BCUT2D eigenvalue weighted by atomic mass is 32.2. The second-order valence-corrected chi connectivity index (χ2v) is 11.7. The SMILES string of the molecule is CNC(=O)[C@@H](Cc1ccccc1)N(Cc1ccccc1)C(=O)CN(c1cc(C)ccc1OC)S(=O)(=O)c1ccccc1. The van der Waals surface area contributed by atoms with Gasteiger partial charge in [0.05, 0.1) is 17.7 Å². The van der Waals surface area contributed by atoms with Gasteiger partial charge in [-0.25, -0.2) is 8.42 Å². The third-order valence-corrected chi connectivity index (χ3v) is 8.70. The van der Waals surface area contributed by atoms with Crippen LogP contribution >= 0.6 is 0 Å². The van der Waals surface area contributed by atoms with Crippen molar-refractivity contribution < 1.29 is 22.7 Å². The quantitative estimate of drug-likeness (QED) is 0.263. The maximum absolute atomic E-state index is 14.3. The predicted octanol–water partition coefficient (Wildman–Crippen LogP) is 4.59. The molecule has 4 aromatic rings. The van der Waals surface area contributed by atoms with Gasteiger partial charge in [-0.15, -0.1) is 0 Å². The second kappa shape index (κ2) is 13.8. The molecular weight excluding hydrogens is 550 g/mol. The summed E-state index contributed by atoms with van der Waals surface area (Å²) in [4.78, 5) is 29.1. The fourth-order valence-corrected chi connectivity index (χ4v) is 6.17. The average Bonchev–Trinajstić information content (AvgIpc) is 3.02. The van der Waals surface area contributed by atoms with Crippen molar-refractivity contribution in [3.63, 3.8) is 0 Å². The number of carbonyl (C=O) groups excluding carboxylic acids is 2. The smallest absolute Gasteiger partial charge is 0.264 e. The molecule has 0 unspecified atom stereocenters. The molecule has 0 saturated heterocycles.